The van der Waals surface area contributed by atoms with Crippen LogP contribution in [0.5, 0.6) is 0 Å². The predicted molar refractivity (Wildman–Crippen MR) is 97.4 cm³/mol. The van der Waals surface area contributed by atoms with Crippen molar-refractivity contribution in [3.05, 3.63) is 0 Å². The largest absolute Gasteiger partial charge is 0.444 e. The lowest BCUT2D eigenvalue weighted by Crippen LogP contribution is -2.45. The molecule has 0 bridgehead atoms. The van der Waals surface area contributed by atoms with Crippen molar-refractivity contribution in [2.75, 3.05) is 26.7 Å². The van der Waals surface area contributed by atoms with Crippen molar-refractivity contribution in [1.82, 2.24) is 15.1 Å². The number of nitrogens with zero attached hydrogens (tertiary/aromatic N) is 2. The van der Waals surface area contributed by atoms with Gasteiger partial charge in [-0.3, -0.25) is 14.5 Å². The van der Waals surface area contributed by atoms with Crippen molar-refractivity contribution in [2.45, 2.75) is 63.5 Å². The van der Waals surface area contributed by atoms with E-state index in [1.807, 2.05) is 37.6 Å². The number of rotatable bonds is 3. The van der Waals surface area contributed by atoms with Crippen LogP contribution in [0.3, 0.4) is 0 Å². The topological polar surface area (TPSA) is 79.0 Å². The molecule has 0 radical (unpaired) electrons. The summed E-state index contributed by atoms with van der Waals surface area (Å²) in [5, 5.41) is 3.11. The molecule has 0 unspecified atom stereocenters. The van der Waals surface area contributed by atoms with Crippen molar-refractivity contribution in [3.63, 3.8) is 0 Å². The average Bonchev–Trinajstić information content (AvgIpc) is 3.02. The molecule has 2 aliphatic rings. The van der Waals surface area contributed by atoms with Crippen LogP contribution in [0.4, 0.5) is 4.79 Å². The maximum Gasteiger partial charge on any atom is 0.407 e. The number of ether oxygens (including phenoxy) is 1. The van der Waals surface area contributed by atoms with E-state index in [1.54, 1.807) is 6.92 Å². The minimum absolute atomic E-state index is 0.0760. The van der Waals surface area contributed by atoms with E-state index in [9.17, 15) is 14.4 Å². The van der Waals surface area contributed by atoms with E-state index in [0.29, 0.717) is 19.5 Å². The number of hydrogen-bond acceptors (Lipinski definition) is 6. The second-order valence-electron chi connectivity index (χ2n) is 7.84. The van der Waals surface area contributed by atoms with Crippen LogP contribution in [0.1, 0.15) is 40.5 Å². The summed E-state index contributed by atoms with van der Waals surface area (Å²) in [4.78, 5) is 39.8. The predicted octanol–water partition coefficient (Wildman–Crippen LogP) is 1.46. The maximum atomic E-state index is 12.8. The second-order valence-corrected chi connectivity index (χ2v) is 9.32. The normalized spacial score (nSPS) is 27.4. The zero-order valence-electron chi connectivity index (χ0n) is 15.7. The molecule has 2 amide bonds. The third kappa shape index (κ3) is 5.88. The minimum atomic E-state index is -0.534. The van der Waals surface area contributed by atoms with Gasteiger partial charge in [0.1, 0.15) is 5.60 Å². The van der Waals surface area contributed by atoms with Gasteiger partial charge in [0.25, 0.3) is 0 Å². The first-order chi connectivity index (χ1) is 11.5. The molecule has 0 aromatic heterocycles. The van der Waals surface area contributed by atoms with E-state index in [4.69, 9.17) is 4.74 Å². The van der Waals surface area contributed by atoms with Crippen LogP contribution in [-0.4, -0.2) is 76.5 Å². The minimum Gasteiger partial charge on any atom is -0.444 e. The molecule has 8 heteroatoms. The zero-order chi connectivity index (χ0) is 18.8. The first kappa shape index (κ1) is 20.0. The van der Waals surface area contributed by atoms with Gasteiger partial charge in [0.2, 0.25) is 5.91 Å². The maximum absolute atomic E-state index is 12.8. The Kier molecular flexibility index (Phi) is 6.37. The van der Waals surface area contributed by atoms with Gasteiger partial charge in [-0.15, -0.1) is 0 Å². The number of carbonyl (C=O) groups excluding carboxylic acids is 3. The van der Waals surface area contributed by atoms with E-state index in [-0.39, 0.29) is 28.4 Å². The van der Waals surface area contributed by atoms with Crippen LogP contribution < -0.4 is 5.32 Å². The third-order valence-corrected chi connectivity index (χ3v) is 5.36. The number of likely N-dealkylation sites (N-methyl/N-ethyl adjacent to an activating group) is 1. The highest BCUT2D eigenvalue weighted by molar-refractivity contribution is 8.14. The van der Waals surface area contributed by atoms with E-state index in [2.05, 4.69) is 5.32 Å². The van der Waals surface area contributed by atoms with Gasteiger partial charge in [0.05, 0.1) is 12.1 Å². The van der Waals surface area contributed by atoms with Crippen molar-refractivity contribution in [1.29, 1.82) is 0 Å². The molecular weight excluding hydrogens is 342 g/mol. The Balaban J connectivity index is 1.84. The van der Waals surface area contributed by atoms with Gasteiger partial charge in [-0.05, 0) is 40.7 Å². The summed E-state index contributed by atoms with van der Waals surface area (Å²) in [6.45, 7) is 8.91. The highest BCUT2D eigenvalue weighted by atomic mass is 32.2. The van der Waals surface area contributed by atoms with Gasteiger partial charge < -0.3 is 15.0 Å². The first-order valence-electron chi connectivity index (χ1n) is 8.71. The molecule has 2 rings (SSSR count). The highest BCUT2D eigenvalue weighted by Gasteiger charge is 2.39. The fraction of sp³-hybridized carbons (Fsp3) is 0.824. The van der Waals surface area contributed by atoms with E-state index in [0.717, 1.165) is 13.0 Å². The molecule has 0 aliphatic carbocycles. The van der Waals surface area contributed by atoms with Crippen LogP contribution >= 0.6 is 11.8 Å². The molecule has 3 atom stereocenters. The molecule has 0 saturated carbocycles. The lowest BCUT2D eigenvalue weighted by atomic mass is 10.2. The van der Waals surface area contributed by atoms with Gasteiger partial charge in [-0.1, -0.05) is 11.8 Å². The molecule has 0 aromatic carbocycles. The molecule has 2 aliphatic heterocycles. The molecule has 2 heterocycles. The van der Waals surface area contributed by atoms with Crippen molar-refractivity contribution >= 4 is 28.9 Å². The first-order valence-corrected chi connectivity index (χ1v) is 9.59. The smallest absolute Gasteiger partial charge is 0.407 e. The number of nitrogens with one attached hydrogen (secondary N) is 1. The van der Waals surface area contributed by atoms with Crippen LogP contribution in [0.25, 0.3) is 0 Å². The number of alkyl carbamates (subject to hydrolysis) is 1. The molecule has 25 heavy (non-hydrogen) atoms. The van der Waals surface area contributed by atoms with Crippen LogP contribution in [-0.2, 0) is 14.3 Å². The van der Waals surface area contributed by atoms with Crippen LogP contribution in [0.15, 0.2) is 0 Å². The summed E-state index contributed by atoms with van der Waals surface area (Å²) in [6, 6.07) is -0.259. The Morgan fingerprint density at radius 1 is 1.20 bits per heavy atom. The Morgan fingerprint density at radius 3 is 2.48 bits per heavy atom. The molecule has 2 saturated heterocycles. The summed E-state index contributed by atoms with van der Waals surface area (Å²) in [5.74, 6) is 0.0858. The highest BCUT2D eigenvalue weighted by Crippen LogP contribution is 2.28. The number of amides is 2. The molecular formula is C17H29N3O4S. The van der Waals surface area contributed by atoms with Gasteiger partial charge in [-0.25, -0.2) is 4.79 Å². The second kappa shape index (κ2) is 7.95. The van der Waals surface area contributed by atoms with Crippen molar-refractivity contribution in [3.8, 4) is 0 Å². The molecule has 2 fully saturated rings. The van der Waals surface area contributed by atoms with Crippen LogP contribution in [0.2, 0.25) is 0 Å². The summed E-state index contributed by atoms with van der Waals surface area (Å²) in [5.41, 5.74) is -0.534. The summed E-state index contributed by atoms with van der Waals surface area (Å²) in [6.07, 6.45) is 0.982. The van der Waals surface area contributed by atoms with E-state index < -0.39 is 11.7 Å². The SMILES string of the molecule is CC(=O)S[C@H]1C[C@@H](C(=O)N2CC[C@H](NC(=O)OC(C)(C)C)C2)N(C)C1. The number of hydrogen-bond donors (Lipinski definition) is 1. The van der Waals surface area contributed by atoms with Gasteiger partial charge in [0, 0.05) is 31.8 Å². The average molecular weight is 372 g/mol. The summed E-state index contributed by atoms with van der Waals surface area (Å²) >= 11 is 1.32. The lowest BCUT2D eigenvalue weighted by molar-refractivity contribution is -0.134. The Bertz CT molecular complexity index is 534. The summed E-state index contributed by atoms with van der Waals surface area (Å²) in [7, 11) is 1.93. The number of carbonyl (C=O) groups is 3. The third-order valence-electron chi connectivity index (χ3n) is 4.35. The zero-order valence-corrected chi connectivity index (χ0v) is 16.5. The Labute approximate surface area is 153 Å². The quantitative estimate of drug-likeness (QED) is 0.809. The fourth-order valence-electron chi connectivity index (χ4n) is 3.32. The van der Waals surface area contributed by atoms with E-state index >= 15 is 0 Å². The van der Waals surface area contributed by atoms with Crippen LogP contribution in [0, 0.1) is 0 Å². The molecule has 0 spiro atoms. The monoisotopic (exact) mass is 371 g/mol. The molecule has 142 valence electrons. The standard InChI is InChI=1S/C17H29N3O4S/c1-11(21)25-13-8-14(19(5)10-13)15(22)20-7-6-12(9-20)18-16(23)24-17(2,3)4/h12-14H,6-10H2,1-5H3,(H,18,23)/t12-,13-,14-/m0/s1. The molecule has 7 nitrogen and oxygen atoms in total. The van der Waals surface area contributed by atoms with E-state index in [1.165, 1.54) is 11.8 Å². The number of likely N-dealkylation sites (tertiary alicyclic amines) is 2. The molecule has 0 aromatic rings. The fourth-order valence-corrected chi connectivity index (χ4v) is 4.38. The van der Waals surface area contributed by atoms with Crippen molar-refractivity contribution in [2.24, 2.45) is 0 Å². The lowest BCUT2D eigenvalue weighted by Gasteiger charge is -2.25. The van der Waals surface area contributed by atoms with Gasteiger partial charge >= 0.3 is 6.09 Å². The Hall–Kier alpha value is -1.28. The molecule has 1 N–H and O–H groups in total. The van der Waals surface area contributed by atoms with Crippen molar-refractivity contribution < 1.29 is 19.1 Å². The van der Waals surface area contributed by atoms with Gasteiger partial charge in [-0.2, -0.15) is 0 Å². The Morgan fingerprint density at radius 2 is 1.88 bits per heavy atom. The summed E-state index contributed by atoms with van der Waals surface area (Å²) < 4.78 is 5.27. The number of thioether (sulfide) groups is 1. The van der Waals surface area contributed by atoms with Gasteiger partial charge in [0.15, 0.2) is 5.12 Å².